The zero-order valence-electron chi connectivity index (χ0n) is 20.8. The number of nitrogens with one attached hydrogen (secondary N) is 1. The fourth-order valence-electron chi connectivity index (χ4n) is 5.42. The van der Waals surface area contributed by atoms with E-state index >= 15 is 0 Å². The number of rotatable bonds is 6. The van der Waals surface area contributed by atoms with Crippen LogP contribution in [0.1, 0.15) is 74.4 Å². The van der Waals surface area contributed by atoms with E-state index in [1.807, 2.05) is 0 Å². The van der Waals surface area contributed by atoms with Crippen molar-refractivity contribution in [1.82, 2.24) is 9.58 Å². The molecule has 0 saturated heterocycles. The van der Waals surface area contributed by atoms with Crippen molar-refractivity contribution in [2.75, 3.05) is 0 Å². The smallest absolute Gasteiger partial charge is 0.283 e. The molecule has 5 rings (SSSR count). The Kier molecular flexibility index (Phi) is 6.78. The monoisotopic (exact) mass is 487 g/mol. The molecule has 35 heavy (non-hydrogen) atoms. The van der Waals surface area contributed by atoms with Gasteiger partial charge in [-0.3, -0.25) is 10.2 Å². The Balaban J connectivity index is 1.39. The van der Waals surface area contributed by atoms with Crippen molar-refractivity contribution in [1.29, 1.82) is 5.41 Å². The Bertz CT molecular complexity index is 1260. The first-order valence-corrected chi connectivity index (χ1v) is 13.5. The third kappa shape index (κ3) is 4.66. The van der Waals surface area contributed by atoms with Crippen molar-refractivity contribution in [3.05, 3.63) is 58.4 Å². The minimum Gasteiger partial charge on any atom is -0.318 e. The lowest BCUT2D eigenvalue weighted by molar-refractivity contribution is -0.114. The van der Waals surface area contributed by atoms with E-state index in [4.69, 9.17) is 5.41 Å². The van der Waals surface area contributed by atoms with Crippen LogP contribution in [-0.2, 0) is 11.2 Å². The minimum absolute atomic E-state index is 0.110. The maximum Gasteiger partial charge on any atom is 0.283 e. The number of aromatic nitrogens is 1. The summed E-state index contributed by atoms with van der Waals surface area (Å²) < 4.78 is 2.23. The highest BCUT2D eigenvalue weighted by atomic mass is 32.2. The van der Waals surface area contributed by atoms with Gasteiger partial charge in [0.2, 0.25) is 5.17 Å². The number of para-hydroxylation sites is 1. The third-order valence-corrected chi connectivity index (χ3v) is 8.34. The molecule has 1 amide bonds. The van der Waals surface area contributed by atoms with Gasteiger partial charge in [-0.05, 0) is 80.1 Å². The quantitative estimate of drug-likeness (QED) is 0.464. The molecule has 0 spiro atoms. The van der Waals surface area contributed by atoms with Gasteiger partial charge in [0, 0.05) is 17.1 Å². The second-order valence-electron chi connectivity index (χ2n) is 9.70. The molecule has 2 aliphatic heterocycles. The number of hydrazone groups is 1. The normalized spacial score (nSPS) is 19.9. The van der Waals surface area contributed by atoms with Gasteiger partial charge in [-0.2, -0.15) is 15.1 Å². The summed E-state index contributed by atoms with van der Waals surface area (Å²) in [7, 11) is 0. The van der Waals surface area contributed by atoms with Crippen LogP contribution >= 0.6 is 11.8 Å². The first kappa shape index (κ1) is 23.8. The number of nitrogens with zero attached hydrogens (tertiary/aromatic N) is 4. The van der Waals surface area contributed by atoms with Gasteiger partial charge < -0.3 is 4.57 Å². The van der Waals surface area contributed by atoms with Crippen molar-refractivity contribution in [3.8, 4) is 5.69 Å². The van der Waals surface area contributed by atoms with E-state index in [-0.39, 0.29) is 17.3 Å². The lowest BCUT2D eigenvalue weighted by Gasteiger charge is -2.20. The number of amides is 1. The second-order valence-corrected chi connectivity index (χ2v) is 10.7. The summed E-state index contributed by atoms with van der Waals surface area (Å²) in [5.74, 6) is 0.520. The molecule has 7 heteroatoms. The molecular weight excluding hydrogens is 454 g/mol. The highest BCUT2D eigenvalue weighted by molar-refractivity contribution is 8.26. The van der Waals surface area contributed by atoms with Gasteiger partial charge >= 0.3 is 0 Å². The molecule has 1 aromatic carbocycles. The summed E-state index contributed by atoms with van der Waals surface area (Å²) in [4.78, 5) is 17.2. The molecule has 2 aromatic rings. The van der Waals surface area contributed by atoms with E-state index in [2.05, 4.69) is 65.8 Å². The van der Waals surface area contributed by atoms with Crippen molar-refractivity contribution in [2.45, 2.75) is 72.1 Å². The zero-order chi connectivity index (χ0) is 24.5. The minimum atomic E-state index is -0.365. The molecule has 1 fully saturated rings. The maximum atomic E-state index is 12.9. The van der Waals surface area contributed by atoms with Crippen LogP contribution in [0.5, 0.6) is 0 Å². The van der Waals surface area contributed by atoms with Gasteiger partial charge in [-0.15, -0.1) is 0 Å². The predicted octanol–water partition coefficient (Wildman–Crippen LogP) is 6.64. The molecule has 3 aliphatic rings. The van der Waals surface area contributed by atoms with E-state index in [0.717, 1.165) is 52.9 Å². The van der Waals surface area contributed by atoms with E-state index in [1.54, 1.807) is 11.1 Å². The molecule has 0 radical (unpaired) electrons. The van der Waals surface area contributed by atoms with Crippen molar-refractivity contribution >= 4 is 39.8 Å². The Morgan fingerprint density at radius 3 is 2.71 bits per heavy atom. The maximum absolute atomic E-state index is 12.9. The highest BCUT2D eigenvalue weighted by Crippen LogP contribution is 2.34. The molecule has 1 aliphatic carbocycles. The number of thioether (sulfide) groups is 1. The standard InChI is InChI=1S/C28H33N5OS/c1-4-21-12-8-9-13-24(21)32-18(2)16-22(19(32)3)17-23-26(29)33-28(30-27(23)34)35-25(31-33)15-14-20-10-6-5-7-11-20/h8-9,12-13,16-17,20,29H,4-7,10-11,14-15H2,1-3H3. The number of aryl methyl sites for hydroxylation is 2. The molecule has 182 valence electrons. The summed E-state index contributed by atoms with van der Waals surface area (Å²) >= 11 is 1.44. The van der Waals surface area contributed by atoms with Crippen molar-refractivity contribution in [3.63, 3.8) is 0 Å². The van der Waals surface area contributed by atoms with Crippen LogP contribution in [0.25, 0.3) is 11.8 Å². The number of hydrogen-bond acceptors (Lipinski definition) is 4. The van der Waals surface area contributed by atoms with E-state index in [0.29, 0.717) is 5.17 Å². The van der Waals surface area contributed by atoms with E-state index in [1.165, 1.54) is 49.4 Å². The number of benzene rings is 1. The van der Waals surface area contributed by atoms with Gasteiger partial charge in [-0.25, -0.2) is 0 Å². The van der Waals surface area contributed by atoms with Gasteiger partial charge in [-0.1, -0.05) is 57.2 Å². The molecular formula is C28H33N5OS. The van der Waals surface area contributed by atoms with Gasteiger partial charge in [0.05, 0.1) is 5.57 Å². The number of amidine groups is 2. The van der Waals surface area contributed by atoms with E-state index in [9.17, 15) is 4.79 Å². The first-order valence-electron chi connectivity index (χ1n) is 12.7. The van der Waals surface area contributed by atoms with Crippen LogP contribution in [0.3, 0.4) is 0 Å². The Morgan fingerprint density at radius 2 is 1.94 bits per heavy atom. The van der Waals surface area contributed by atoms with Crippen LogP contribution in [0, 0.1) is 25.2 Å². The molecule has 0 bridgehead atoms. The fourth-order valence-corrected chi connectivity index (χ4v) is 6.32. The topological polar surface area (TPSA) is 73.8 Å². The average Bonchev–Trinajstić information content (AvgIpc) is 3.40. The second kappa shape index (κ2) is 9.97. The largest absolute Gasteiger partial charge is 0.318 e. The summed E-state index contributed by atoms with van der Waals surface area (Å²) in [5.41, 5.74) is 5.77. The Labute approximate surface area is 211 Å². The number of aliphatic imine (C=N–C) groups is 1. The van der Waals surface area contributed by atoms with Gasteiger partial charge in [0.25, 0.3) is 5.91 Å². The van der Waals surface area contributed by atoms with Crippen LogP contribution in [-0.4, -0.2) is 31.5 Å². The predicted molar refractivity (Wildman–Crippen MR) is 145 cm³/mol. The molecule has 0 atom stereocenters. The average molecular weight is 488 g/mol. The van der Waals surface area contributed by atoms with E-state index < -0.39 is 0 Å². The highest BCUT2D eigenvalue weighted by Gasteiger charge is 2.36. The molecule has 0 unspecified atom stereocenters. The van der Waals surface area contributed by atoms with Crippen LogP contribution in [0.15, 0.2) is 46.0 Å². The summed E-state index contributed by atoms with van der Waals surface area (Å²) in [6, 6.07) is 10.5. The molecule has 3 heterocycles. The number of fused-ring (bicyclic) bond motifs is 1. The molecule has 6 nitrogen and oxygen atoms in total. The van der Waals surface area contributed by atoms with Crippen LogP contribution in [0.2, 0.25) is 0 Å². The van der Waals surface area contributed by atoms with Crippen LogP contribution < -0.4 is 0 Å². The Morgan fingerprint density at radius 1 is 1.17 bits per heavy atom. The SMILES string of the molecule is CCc1ccccc1-n1c(C)cc(C=C2C(=N)N3N=C(CCC4CCCCC4)SC3=NC2=O)c1C. The third-order valence-electron chi connectivity index (χ3n) is 7.37. The lowest BCUT2D eigenvalue weighted by atomic mass is 9.86. The fraction of sp³-hybridized carbons (Fsp3) is 0.429. The van der Waals surface area contributed by atoms with Crippen molar-refractivity contribution < 1.29 is 4.79 Å². The molecule has 1 N–H and O–H groups in total. The first-order chi connectivity index (χ1) is 17.0. The summed E-state index contributed by atoms with van der Waals surface area (Å²) in [5, 5.41) is 16.4. The number of carbonyl (C=O) groups excluding carboxylic acids is 1. The lowest BCUT2D eigenvalue weighted by Crippen LogP contribution is -2.35. The van der Waals surface area contributed by atoms with Gasteiger partial charge in [0.15, 0.2) is 5.84 Å². The van der Waals surface area contributed by atoms with Gasteiger partial charge in [0.1, 0.15) is 5.04 Å². The zero-order valence-corrected chi connectivity index (χ0v) is 21.6. The summed E-state index contributed by atoms with van der Waals surface area (Å²) in [6.45, 7) is 6.29. The van der Waals surface area contributed by atoms with Crippen molar-refractivity contribution in [2.24, 2.45) is 16.0 Å². The molecule has 1 aromatic heterocycles. The molecule has 1 saturated carbocycles. The number of hydrogen-bond donors (Lipinski definition) is 1. The Hall–Kier alpha value is -2.93. The summed E-state index contributed by atoms with van der Waals surface area (Å²) in [6.07, 6.45) is 11.4. The van der Waals surface area contributed by atoms with Crippen LogP contribution in [0.4, 0.5) is 0 Å². The number of carbonyl (C=O) groups is 1.